The highest BCUT2D eigenvalue weighted by atomic mass is 15.1. The summed E-state index contributed by atoms with van der Waals surface area (Å²) in [6, 6.07) is 82.7. The Labute approximate surface area is 342 Å². The normalized spacial score (nSPS) is 11.7. The minimum absolute atomic E-state index is 1.10. The zero-order valence-corrected chi connectivity index (χ0v) is 32.3. The van der Waals surface area contributed by atoms with Crippen LogP contribution in [0.5, 0.6) is 0 Å². The molecule has 0 fully saturated rings. The maximum atomic E-state index is 2.47. The van der Waals surface area contributed by atoms with Gasteiger partial charge in [-0.25, -0.2) is 0 Å². The Balaban J connectivity index is 1.14. The van der Waals surface area contributed by atoms with Crippen LogP contribution < -0.4 is 4.90 Å². The second-order valence-electron chi connectivity index (χ2n) is 15.6. The Morgan fingerprint density at radius 3 is 1.49 bits per heavy atom. The third kappa shape index (κ3) is 5.33. The molecule has 0 aliphatic heterocycles. The molecule has 12 aromatic carbocycles. The van der Waals surface area contributed by atoms with Crippen molar-refractivity contribution in [2.45, 2.75) is 0 Å². The molecular formula is C58H37N. The average Bonchev–Trinajstić information content (AvgIpc) is 3.31. The summed E-state index contributed by atoms with van der Waals surface area (Å²) in [5.41, 5.74) is 8.09. The molecule has 0 bridgehead atoms. The van der Waals surface area contributed by atoms with Crippen molar-refractivity contribution in [3.63, 3.8) is 0 Å². The van der Waals surface area contributed by atoms with Gasteiger partial charge < -0.3 is 4.90 Å². The zero-order valence-electron chi connectivity index (χ0n) is 32.3. The molecule has 12 rings (SSSR count). The predicted octanol–water partition coefficient (Wildman–Crippen LogP) is 16.6. The van der Waals surface area contributed by atoms with Crippen LogP contribution in [0.3, 0.4) is 0 Å². The Morgan fingerprint density at radius 1 is 0.237 bits per heavy atom. The number of para-hydroxylation sites is 1. The fourth-order valence-corrected chi connectivity index (χ4v) is 9.73. The van der Waals surface area contributed by atoms with E-state index in [4.69, 9.17) is 0 Å². The topological polar surface area (TPSA) is 3.24 Å². The van der Waals surface area contributed by atoms with E-state index in [2.05, 4.69) is 229 Å². The number of nitrogens with zero attached hydrogens (tertiary/aromatic N) is 1. The lowest BCUT2D eigenvalue weighted by molar-refractivity contribution is 1.29. The summed E-state index contributed by atoms with van der Waals surface area (Å²) in [7, 11) is 0. The monoisotopic (exact) mass is 747 g/mol. The third-order valence-electron chi connectivity index (χ3n) is 12.4. The molecule has 0 spiro atoms. The molecule has 0 N–H and O–H groups in total. The first-order valence-electron chi connectivity index (χ1n) is 20.4. The largest absolute Gasteiger partial charge is 0.310 e. The lowest BCUT2D eigenvalue weighted by Crippen LogP contribution is -2.11. The molecule has 0 radical (unpaired) electrons. The van der Waals surface area contributed by atoms with Gasteiger partial charge in [0.2, 0.25) is 0 Å². The van der Waals surface area contributed by atoms with Gasteiger partial charge in [0.15, 0.2) is 0 Å². The molecule has 12 aromatic rings. The standard InChI is InChI=1S/C58H37N/c1-2-14-38(15-3-1)42-17-12-18-43(36-42)59(44-33-35-52-48-22-7-6-20-46(48)47-21-8-9-23-50(47)55(52)37-44)56-27-11-10-24-53(56)49-25-13-26-54-51(49)34-32-41-31-30-40-29-28-39-16-4-5-19-45(39)57(40)58(41)54/h1-37H. The van der Waals surface area contributed by atoms with Crippen LogP contribution in [0.1, 0.15) is 0 Å². The summed E-state index contributed by atoms with van der Waals surface area (Å²) in [5.74, 6) is 0. The van der Waals surface area contributed by atoms with Crippen LogP contribution in [0.15, 0.2) is 224 Å². The first-order valence-corrected chi connectivity index (χ1v) is 20.4. The molecule has 0 aromatic heterocycles. The van der Waals surface area contributed by atoms with E-state index in [1.54, 1.807) is 0 Å². The quantitative estimate of drug-likeness (QED) is 0.159. The highest BCUT2D eigenvalue weighted by Crippen LogP contribution is 2.47. The van der Waals surface area contributed by atoms with Crippen molar-refractivity contribution in [3.05, 3.63) is 224 Å². The van der Waals surface area contributed by atoms with Crippen LogP contribution in [0.2, 0.25) is 0 Å². The van der Waals surface area contributed by atoms with Crippen molar-refractivity contribution in [2.24, 2.45) is 0 Å². The van der Waals surface area contributed by atoms with E-state index in [9.17, 15) is 0 Å². The molecule has 0 amide bonds. The molecule has 0 heterocycles. The average molecular weight is 748 g/mol. The zero-order chi connectivity index (χ0) is 38.9. The van der Waals surface area contributed by atoms with Crippen LogP contribution in [0, 0.1) is 0 Å². The molecule has 59 heavy (non-hydrogen) atoms. The van der Waals surface area contributed by atoms with E-state index in [1.807, 2.05) is 0 Å². The Hall–Kier alpha value is -7.74. The first kappa shape index (κ1) is 33.4. The second-order valence-corrected chi connectivity index (χ2v) is 15.6. The predicted molar refractivity (Wildman–Crippen MR) is 255 cm³/mol. The summed E-state index contributed by atoms with van der Waals surface area (Å²) in [4.78, 5) is 2.47. The van der Waals surface area contributed by atoms with Crippen molar-refractivity contribution in [3.8, 4) is 22.3 Å². The summed E-state index contributed by atoms with van der Waals surface area (Å²) in [6.07, 6.45) is 0. The molecule has 0 atom stereocenters. The molecule has 0 saturated heterocycles. The van der Waals surface area contributed by atoms with Gasteiger partial charge in [-0.3, -0.25) is 0 Å². The Morgan fingerprint density at radius 2 is 0.729 bits per heavy atom. The molecule has 0 aliphatic carbocycles. The van der Waals surface area contributed by atoms with Crippen LogP contribution in [0.25, 0.3) is 97.7 Å². The maximum Gasteiger partial charge on any atom is 0.0540 e. The van der Waals surface area contributed by atoms with Crippen molar-refractivity contribution >= 4 is 92.5 Å². The van der Waals surface area contributed by atoms with E-state index in [-0.39, 0.29) is 0 Å². The minimum atomic E-state index is 1.10. The second kappa shape index (κ2) is 13.4. The summed E-state index contributed by atoms with van der Waals surface area (Å²) in [6.45, 7) is 0. The van der Waals surface area contributed by atoms with E-state index < -0.39 is 0 Å². The van der Waals surface area contributed by atoms with Gasteiger partial charge in [-0.1, -0.05) is 194 Å². The highest BCUT2D eigenvalue weighted by molar-refractivity contribution is 6.29. The summed E-state index contributed by atoms with van der Waals surface area (Å²) < 4.78 is 0. The smallest absolute Gasteiger partial charge is 0.0540 e. The molecule has 0 unspecified atom stereocenters. The van der Waals surface area contributed by atoms with E-state index >= 15 is 0 Å². The van der Waals surface area contributed by atoms with Gasteiger partial charge in [-0.05, 0) is 122 Å². The number of hydrogen-bond acceptors (Lipinski definition) is 1. The molecule has 1 nitrogen and oxygen atoms in total. The van der Waals surface area contributed by atoms with Gasteiger partial charge in [0.05, 0.1) is 5.69 Å². The highest BCUT2D eigenvalue weighted by Gasteiger charge is 2.21. The number of fused-ring (bicyclic) bond motifs is 13. The minimum Gasteiger partial charge on any atom is -0.310 e. The van der Waals surface area contributed by atoms with Crippen LogP contribution >= 0.6 is 0 Å². The van der Waals surface area contributed by atoms with Crippen LogP contribution in [-0.2, 0) is 0 Å². The Kier molecular flexibility index (Phi) is 7.61. The van der Waals surface area contributed by atoms with E-state index in [0.717, 1.165) is 17.1 Å². The first-order chi connectivity index (χ1) is 29.3. The lowest BCUT2D eigenvalue weighted by Gasteiger charge is -2.29. The fraction of sp³-hybridized carbons (Fsp3) is 0. The fourth-order valence-electron chi connectivity index (χ4n) is 9.73. The SMILES string of the molecule is c1ccc(-c2cccc(N(c3ccc4c5ccccc5c5ccccc5c4c3)c3ccccc3-c3cccc4c3ccc3ccc5ccc6ccccc6c5c34)c2)cc1. The summed E-state index contributed by atoms with van der Waals surface area (Å²) >= 11 is 0. The molecule has 0 aliphatic rings. The maximum absolute atomic E-state index is 2.47. The number of benzene rings is 12. The van der Waals surface area contributed by atoms with Gasteiger partial charge in [0, 0.05) is 16.9 Å². The van der Waals surface area contributed by atoms with Crippen LogP contribution in [-0.4, -0.2) is 0 Å². The Bertz CT molecular complexity index is 3580. The van der Waals surface area contributed by atoms with Crippen LogP contribution in [0.4, 0.5) is 17.1 Å². The molecular weight excluding hydrogens is 711 g/mol. The van der Waals surface area contributed by atoms with Gasteiger partial charge >= 0.3 is 0 Å². The lowest BCUT2D eigenvalue weighted by atomic mass is 9.89. The van der Waals surface area contributed by atoms with Gasteiger partial charge in [-0.2, -0.15) is 0 Å². The van der Waals surface area contributed by atoms with Crippen molar-refractivity contribution in [1.29, 1.82) is 0 Å². The van der Waals surface area contributed by atoms with Gasteiger partial charge in [0.1, 0.15) is 0 Å². The van der Waals surface area contributed by atoms with E-state index in [1.165, 1.54) is 97.7 Å². The molecule has 274 valence electrons. The molecule has 1 heteroatoms. The number of anilines is 3. The van der Waals surface area contributed by atoms with Crippen molar-refractivity contribution < 1.29 is 0 Å². The number of hydrogen-bond donors (Lipinski definition) is 0. The van der Waals surface area contributed by atoms with E-state index in [0.29, 0.717) is 0 Å². The summed E-state index contributed by atoms with van der Waals surface area (Å²) in [5, 5.41) is 17.8. The van der Waals surface area contributed by atoms with Crippen molar-refractivity contribution in [2.75, 3.05) is 4.90 Å². The molecule has 0 saturated carbocycles. The number of rotatable bonds is 5. The van der Waals surface area contributed by atoms with Gasteiger partial charge in [-0.15, -0.1) is 0 Å². The van der Waals surface area contributed by atoms with Gasteiger partial charge in [0.25, 0.3) is 0 Å². The van der Waals surface area contributed by atoms with Crippen molar-refractivity contribution in [1.82, 2.24) is 0 Å². The third-order valence-corrected chi connectivity index (χ3v) is 12.4.